The number of ether oxygens (including phenoxy) is 1. The molecule has 0 bridgehead atoms. The zero-order valence-corrected chi connectivity index (χ0v) is 20.6. The molecule has 37 heavy (non-hydrogen) atoms. The van der Waals surface area contributed by atoms with Crippen molar-refractivity contribution in [3.63, 3.8) is 0 Å². The Morgan fingerprint density at radius 2 is 1.59 bits per heavy atom. The number of amides is 2. The van der Waals surface area contributed by atoms with E-state index in [1.165, 1.54) is 0 Å². The van der Waals surface area contributed by atoms with Gasteiger partial charge in [-0.1, -0.05) is 72.8 Å². The number of benzene rings is 3. The SMILES string of the molecule is O=C(COc1ccc(CCNC(=O)c2cn(Cc3ccccc3)nc2-c2ccccc2)cc1)NC1CC1. The van der Waals surface area contributed by atoms with Gasteiger partial charge in [0.2, 0.25) is 0 Å². The Labute approximate surface area is 216 Å². The second kappa shape index (κ2) is 11.6. The zero-order valence-electron chi connectivity index (χ0n) is 20.6. The van der Waals surface area contributed by atoms with Gasteiger partial charge in [0.25, 0.3) is 11.8 Å². The van der Waals surface area contributed by atoms with Crippen molar-refractivity contribution in [2.45, 2.75) is 31.8 Å². The molecule has 0 saturated heterocycles. The van der Waals surface area contributed by atoms with Crippen molar-refractivity contribution in [3.8, 4) is 17.0 Å². The van der Waals surface area contributed by atoms with Crippen LogP contribution < -0.4 is 15.4 Å². The standard InChI is InChI=1S/C30H30N4O3/c35-28(32-25-13-14-25)21-37-26-15-11-22(12-16-26)17-18-31-30(36)27-20-34(19-23-7-3-1-4-8-23)33-29(27)24-9-5-2-6-10-24/h1-12,15-16,20,25H,13-14,17-19,21H2,(H,31,36)(H,32,35). The van der Waals surface area contributed by atoms with Crippen molar-refractivity contribution in [1.82, 2.24) is 20.4 Å². The molecule has 3 aromatic carbocycles. The molecule has 1 fully saturated rings. The first-order valence-corrected chi connectivity index (χ1v) is 12.6. The molecular formula is C30H30N4O3. The summed E-state index contributed by atoms with van der Waals surface area (Å²) in [6.07, 6.45) is 4.60. The highest BCUT2D eigenvalue weighted by Crippen LogP contribution is 2.23. The molecule has 0 aliphatic heterocycles. The van der Waals surface area contributed by atoms with E-state index in [-0.39, 0.29) is 18.4 Å². The van der Waals surface area contributed by atoms with Gasteiger partial charge in [0.15, 0.2) is 6.61 Å². The smallest absolute Gasteiger partial charge is 0.258 e. The number of nitrogens with one attached hydrogen (secondary N) is 2. The van der Waals surface area contributed by atoms with E-state index in [0.29, 0.717) is 42.6 Å². The molecule has 188 valence electrons. The summed E-state index contributed by atoms with van der Waals surface area (Å²) in [6.45, 7) is 1.10. The Kier molecular flexibility index (Phi) is 7.60. The Hall–Kier alpha value is -4.39. The Balaban J connectivity index is 1.18. The number of carbonyl (C=O) groups is 2. The Morgan fingerprint density at radius 1 is 0.892 bits per heavy atom. The molecule has 1 aliphatic rings. The first-order valence-electron chi connectivity index (χ1n) is 12.6. The summed E-state index contributed by atoms with van der Waals surface area (Å²) in [5.41, 5.74) is 4.31. The van der Waals surface area contributed by atoms with Gasteiger partial charge in [0.05, 0.1) is 12.1 Å². The van der Waals surface area contributed by atoms with Crippen molar-refractivity contribution in [2.24, 2.45) is 0 Å². The molecule has 0 spiro atoms. The lowest BCUT2D eigenvalue weighted by molar-refractivity contribution is -0.123. The van der Waals surface area contributed by atoms with Crippen molar-refractivity contribution < 1.29 is 14.3 Å². The number of hydrogen-bond donors (Lipinski definition) is 2. The molecule has 0 unspecified atom stereocenters. The number of rotatable bonds is 11. The highest BCUT2D eigenvalue weighted by molar-refractivity contribution is 5.99. The molecule has 1 heterocycles. The van der Waals surface area contributed by atoms with Gasteiger partial charge in [-0.25, -0.2) is 0 Å². The van der Waals surface area contributed by atoms with Crippen LogP contribution in [0, 0.1) is 0 Å². The molecule has 7 heteroatoms. The van der Waals surface area contributed by atoms with Crippen molar-refractivity contribution in [3.05, 3.63) is 108 Å². The van der Waals surface area contributed by atoms with E-state index < -0.39 is 0 Å². The monoisotopic (exact) mass is 494 g/mol. The lowest BCUT2D eigenvalue weighted by atomic mass is 10.1. The van der Waals surface area contributed by atoms with Crippen molar-refractivity contribution in [1.29, 1.82) is 0 Å². The normalized spacial score (nSPS) is 12.6. The van der Waals surface area contributed by atoms with Gasteiger partial charge < -0.3 is 15.4 Å². The molecule has 1 aromatic heterocycles. The predicted octanol–water partition coefficient (Wildman–Crippen LogP) is 4.23. The predicted molar refractivity (Wildman–Crippen MR) is 142 cm³/mol. The van der Waals surface area contributed by atoms with Crippen LogP contribution in [-0.4, -0.2) is 40.8 Å². The van der Waals surface area contributed by atoms with Crippen LogP contribution >= 0.6 is 0 Å². The van der Waals surface area contributed by atoms with Gasteiger partial charge in [-0.15, -0.1) is 0 Å². The Morgan fingerprint density at radius 3 is 2.30 bits per heavy atom. The summed E-state index contributed by atoms with van der Waals surface area (Å²) in [5, 5.41) is 10.7. The fraction of sp³-hybridized carbons (Fsp3) is 0.233. The zero-order chi connectivity index (χ0) is 25.5. The van der Waals surface area contributed by atoms with Gasteiger partial charge in [-0.05, 0) is 42.5 Å². The van der Waals surface area contributed by atoms with E-state index in [1.54, 1.807) is 0 Å². The average Bonchev–Trinajstić information content (AvgIpc) is 3.65. The minimum atomic E-state index is -0.153. The molecule has 0 atom stereocenters. The van der Waals surface area contributed by atoms with Crippen LogP contribution in [0.3, 0.4) is 0 Å². The molecule has 5 rings (SSSR count). The molecular weight excluding hydrogens is 464 g/mol. The maximum absolute atomic E-state index is 13.2. The number of carbonyl (C=O) groups excluding carboxylic acids is 2. The lowest BCUT2D eigenvalue weighted by Crippen LogP contribution is -2.30. The second-order valence-corrected chi connectivity index (χ2v) is 9.22. The number of hydrogen-bond acceptors (Lipinski definition) is 4. The van der Waals surface area contributed by atoms with Gasteiger partial charge in [0.1, 0.15) is 11.4 Å². The molecule has 0 radical (unpaired) electrons. The summed E-state index contributed by atoms with van der Waals surface area (Å²) in [4.78, 5) is 24.9. The molecule has 1 aliphatic carbocycles. The van der Waals surface area contributed by atoms with Gasteiger partial charge in [0, 0.05) is 24.3 Å². The third-order valence-electron chi connectivity index (χ3n) is 6.18. The van der Waals surface area contributed by atoms with Gasteiger partial charge in [-0.3, -0.25) is 14.3 Å². The number of aromatic nitrogens is 2. The molecule has 7 nitrogen and oxygen atoms in total. The maximum Gasteiger partial charge on any atom is 0.258 e. The van der Waals surface area contributed by atoms with Crippen LogP contribution in [0.2, 0.25) is 0 Å². The molecule has 2 amide bonds. The molecule has 4 aromatic rings. The quantitative estimate of drug-likeness (QED) is 0.327. The average molecular weight is 495 g/mol. The third kappa shape index (κ3) is 6.85. The highest BCUT2D eigenvalue weighted by Gasteiger charge is 2.23. The summed E-state index contributed by atoms with van der Waals surface area (Å²) >= 11 is 0. The van der Waals surface area contributed by atoms with Crippen LogP contribution in [-0.2, 0) is 17.8 Å². The first kappa shape index (κ1) is 24.3. The van der Waals surface area contributed by atoms with Gasteiger partial charge >= 0.3 is 0 Å². The molecule has 1 saturated carbocycles. The Bertz CT molecular complexity index is 1330. The van der Waals surface area contributed by atoms with E-state index in [9.17, 15) is 9.59 Å². The highest BCUT2D eigenvalue weighted by atomic mass is 16.5. The van der Waals surface area contributed by atoms with Crippen LogP contribution in [0.1, 0.15) is 34.3 Å². The summed E-state index contributed by atoms with van der Waals surface area (Å²) in [7, 11) is 0. The van der Waals surface area contributed by atoms with Crippen molar-refractivity contribution in [2.75, 3.05) is 13.2 Å². The minimum Gasteiger partial charge on any atom is -0.484 e. The van der Waals surface area contributed by atoms with E-state index in [4.69, 9.17) is 9.84 Å². The topological polar surface area (TPSA) is 85.2 Å². The third-order valence-corrected chi connectivity index (χ3v) is 6.18. The van der Waals surface area contributed by atoms with Gasteiger partial charge in [-0.2, -0.15) is 5.10 Å². The van der Waals surface area contributed by atoms with Crippen molar-refractivity contribution >= 4 is 11.8 Å². The summed E-state index contributed by atoms with van der Waals surface area (Å²) < 4.78 is 7.38. The van der Waals surface area contributed by atoms with E-state index in [1.807, 2.05) is 95.8 Å². The fourth-order valence-corrected chi connectivity index (χ4v) is 4.06. The van der Waals surface area contributed by atoms with E-state index in [2.05, 4.69) is 10.6 Å². The summed E-state index contributed by atoms with van der Waals surface area (Å²) in [5.74, 6) is 0.410. The maximum atomic E-state index is 13.2. The summed E-state index contributed by atoms with van der Waals surface area (Å²) in [6, 6.07) is 27.8. The number of nitrogens with zero attached hydrogens (tertiary/aromatic N) is 2. The van der Waals surface area contributed by atoms with Crippen LogP contribution in [0.4, 0.5) is 0 Å². The van der Waals surface area contributed by atoms with E-state index in [0.717, 1.165) is 29.5 Å². The lowest BCUT2D eigenvalue weighted by Gasteiger charge is -2.08. The first-order chi connectivity index (χ1) is 18.1. The van der Waals surface area contributed by atoms with Crippen LogP contribution in [0.5, 0.6) is 5.75 Å². The van der Waals surface area contributed by atoms with Crippen LogP contribution in [0.15, 0.2) is 91.1 Å². The van der Waals surface area contributed by atoms with E-state index >= 15 is 0 Å². The largest absolute Gasteiger partial charge is 0.484 e. The second-order valence-electron chi connectivity index (χ2n) is 9.22. The minimum absolute atomic E-state index is 0.0214. The molecule has 2 N–H and O–H groups in total. The van der Waals surface area contributed by atoms with Crippen LogP contribution in [0.25, 0.3) is 11.3 Å². The fourth-order valence-electron chi connectivity index (χ4n) is 4.06.